The zero-order valence-corrected chi connectivity index (χ0v) is 10.3. The number of nitrogens with two attached hydrogens (primary N) is 1. The average Bonchev–Trinajstić information content (AvgIpc) is 3.00. The molecule has 2 N–H and O–H groups in total. The monoisotopic (exact) mass is 257 g/mol. The van der Waals surface area contributed by atoms with Gasteiger partial charge in [-0.3, -0.25) is 0 Å². The maximum atomic E-state index is 5.58. The summed E-state index contributed by atoms with van der Waals surface area (Å²) in [6.45, 7) is 0.638. The Balaban J connectivity index is 1.93. The van der Waals surface area contributed by atoms with E-state index in [0.29, 0.717) is 11.7 Å². The van der Waals surface area contributed by atoms with Gasteiger partial charge in [0.2, 0.25) is 5.13 Å². The average molecular weight is 257 g/mol. The lowest BCUT2D eigenvalue weighted by Gasteiger charge is -2.05. The Hall–Kier alpha value is -2.21. The molecule has 2 aromatic heterocycles. The number of rotatable bonds is 3. The lowest BCUT2D eigenvalue weighted by molar-refractivity contribution is 0.786. The molecule has 0 unspecified atom stereocenters. The first-order valence-corrected chi connectivity index (χ1v) is 6.29. The molecule has 0 atom stereocenters. The number of nitrogens with zero attached hydrogens (tertiary/aromatic N) is 4. The van der Waals surface area contributed by atoms with Crippen LogP contribution in [0.5, 0.6) is 0 Å². The Kier molecular flexibility index (Phi) is 2.77. The van der Waals surface area contributed by atoms with E-state index >= 15 is 0 Å². The largest absolute Gasteiger partial charge is 0.374 e. The topological polar surface area (TPSA) is 69.6 Å². The molecule has 0 saturated heterocycles. The number of hydrogen-bond acceptors (Lipinski definition) is 5. The Morgan fingerprint density at radius 2 is 2.00 bits per heavy atom. The molecule has 18 heavy (non-hydrogen) atoms. The van der Waals surface area contributed by atoms with Crippen LogP contribution >= 0.6 is 11.3 Å². The second-order valence-electron chi connectivity index (χ2n) is 3.78. The molecule has 5 nitrogen and oxygen atoms in total. The third-order valence-corrected chi connectivity index (χ3v) is 3.27. The standard InChI is InChI=1S/C12H11N5S/c13-12-16-15-10(18-12)8-17-7-6-14-11(17)9-4-2-1-3-5-9/h1-7H,8H2,(H2,13,16). The molecule has 90 valence electrons. The van der Waals surface area contributed by atoms with E-state index < -0.39 is 0 Å². The van der Waals surface area contributed by atoms with Crippen LogP contribution in [0.15, 0.2) is 42.7 Å². The molecule has 6 heteroatoms. The molecule has 0 amide bonds. The van der Waals surface area contributed by atoms with Crippen LogP contribution in [0.3, 0.4) is 0 Å². The number of imidazole rings is 1. The fraction of sp³-hybridized carbons (Fsp3) is 0.0833. The predicted octanol–water partition coefficient (Wildman–Crippen LogP) is 2.03. The summed E-state index contributed by atoms with van der Waals surface area (Å²) in [6, 6.07) is 10.1. The van der Waals surface area contributed by atoms with Crippen LogP contribution in [0.4, 0.5) is 5.13 Å². The Morgan fingerprint density at radius 1 is 1.17 bits per heavy atom. The van der Waals surface area contributed by atoms with Crippen molar-refractivity contribution in [2.75, 3.05) is 5.73 Å². The number of nitrogen functional groups attached to an aromatic ring is 1. The molecule has 0 saturated carbocycles. The minimum absolute atomic E-state index is 0.492. The second-order valence-corrected chi connectivity index (χ2v) is 4.87. The zero-order chi connectivity index (χ0) is 12.4. The van der Waals surface area contributed by atoms with Crippen molar-refractivity contribution in [3.63, 3.8) is 0 Å². The first kappa shape index (κ1) is 10.9. The molecule has 0 spiro atoms. The van der Waals surface area contributed by atoms with Crippen LogP contribution in [0.1, 0.15) is 5.01 Å². The Bertz CT molecular complexity index is 643. The molecule has 0 aliphatic heterocycles. The van der Waals surface area contributed by atoms with E-state index in [4.69, 9.17) is 5.73 Å². The van der Waals surface area contributed by atoms with Gasteiger partial charge in [0.1, 0.15) is 10.8 Å². The minimum atomic E-state index is 0.492. The molecule has 0 aliphatic carbocycles. The quantitative estimate of drug-likeness (QED) is 0.779. The van der Waals surface area contributed by atoms with Crippen molar-refractivity contribution in [2.45, 2.75) is 6.54 Å². The lowest BCUT2D eigenvalue weighted by atomic mass is 10.2. The third kappa shape index (κ3) is 2.10. The molecular formula is C12H11N5S. The normalized spacial score (nSPS) is 10.7. The number of anilines is 1. The van der Waals surface area contributed by atoms with Crippen LogP contribution in [-0.4, -0.2) is 19.7 Å². The van der Waals surface area contributed by atoms with Gasteiger partial charge in [-0.2, -0.15) is 0 Å². The van der Waals surface area contributed by atoms with Crippen LogP contribution in [0, 0.1) is 0 Å². The van der Waals surface area contributed by atoms with Crippen LogP contribution in [0.25, 0.3) is 11.4 Å². The summed E-state index contributed by atoms with van der Waals surface area (Å²) in [6.07, 6.45) is 3.71. The summed E-state index contributed by atoms with van der Waals surface area (Å²) < 4.78 is 2.04. The van der Waals surface area contributed by atoms with E-state index in [1.54, 1.807) is 6.20 Å². The summed E-state index contributed by atoms with van der Waals surface area (Å²) in [7, 11) is 0. The van der Waals surface area contributed by atoms with Crippen molar-refractivity contribution in [3.8, 4) is 11.4 Å². The first-order chi connectivity index (χ1) is 8.83. The van der Waals surface area contributed by atoms with Gasteiger partial charge < -0.3 is 10.3 Å². The molecule has 3 aromatic rings. The molecule has 0 radical (unpaired) electrons. The van der Waals surface area contributed by atoms with Crippen molar-refractivity contribution in [3.05, 3.63) is 47.7 Å². The van der Waals surface area contributed by atoms with Crippen LogP contribution in [-0.2, 0) is 6.54 Å². The minimum Gasteiger partial charge on any atom is -0.374 e. The Morgan fingerprint density at radius 3 is 2.72 bits per heavy atom. The van der Waals surface area contributed by atoms with Crippen molar-refractivity contribution in [1.29, 1.82) is 0 Å². The zero-order valence-electron chi connectivity index (χ0n) is 9.52. The lowest BCUT2D eigenvalue weighted by Crippen LogP contribution is -2.00. The summed E-state index contributed by atoms with van der Waals surface area (Å²) in [5.41, 5.74) is 6.66. The van der Waals surface area contributed by atoms with Crippen molar-refractivity contribution in [2.24, 2.45) is 0 Å². The van der Waals surface area contributed by atoms with E-state index in [-0.39, 0.29) is 0 Å². The van der Waals surface area contributed by atoms with Gasteiger partial charge in [-0.25, -0.2) is 4.98 Å². The van der Waals surface area contributed by atoms with Crippen molar-refractivity contribution < 1.29 is 0 Å². The predicted molar refractivity (Wildman–Crippen MR) is 71.1 cm³/mol. The van der Waals surface area contributed by atoms with E-state index in [0.717, 1.165) is 16.4 Å². The van der Waals surface area contributed by atoms with Gasteiger partial charge >= 0.3 is 0 Å². The SMILES string of the molecule is Nc1nnc(Cn2ccnc2-c2ccccc2)s1. The summed E-state index contributed by atoms with van der Waals surface area (Å²) in [5, 5.41) is 9.20. The molecule has 0 fully saturated rings. The van der Waals surface area contributed by atoms with E-state index in [1.165, 1.54) is 11.3 Å². The summed E-state index contributed by atoms with van der Waals surface area (Å²) in [5.74, 6) is 0.921. The molecule has 0 bridgehead atoms. The van der Waals surface area contributed by atoms with Gasteiger partial charge in [0, 0.05) is 18.0 Å². The molecule has 1 aromatic carbocycles. The van der Waals surface area contributed by atoms with Gasteiger partial charge in [-0.1, -0.05) is 41.7 Å². The van der Waals surface area contributed by atoms with Crippen LogP contribution in [0.2, 0.25) is 0 Å². The van der Waals surface area contributed by atoms with Gasteiger partial charge in [0.15, 0.2) is 0 Å². The van der Waals surface area contributed by atoms with Crippen molar-refractivity contribution >= 4 is 16.5 Å². The number of benzene rings is 1. The maximum absolute atomic E-state index is 5.58. The second kappa shape index (κ2) is 4.58. The third-order valence-electron chi connectivity index (χ3n) is 2.54. The van der Waals surface area contributed by atoms with E-state index in [1.807, 2.05) is 41.1 Å². The molecular weight excluding hydrogens is 246 g/mol. The highest BCUT2D eigenvalue weighted by molar-refractivity contribution is 7.15. The highest BCUT2D eigenvalue weighted by atomic mass is 32.1. The smallest absolute Gasteiger partial charge is 0.203 e. The van der Waals surface area contributed by atoms with Gasteiger partial charge in [-0.15, -0.1) is 10.2 Å². The summed E-state index contributed by atoms with van der Waals surface area (Å²) >= 11 is 1.40. The van der Waals surface area contributed by atoms with E-state index in [2.05, 4.69) is 15.2 Å². The fourth-order valence-electron chi connectivity index (χ4n) is 1.76. The van der Waals surface area contributed by atoms with Gasteiger partial charge in [-0.05, 0) is 0 Å². The van der Waals surface area contributed by atoms with Crippen LogP contribution < -0.4 is 5.73 Å². The number of aromatic nitrogens is 4. The number of hydrogen-bond donors (Lipinski definition) is 1. The molecule has 0 aliphatic rings. The highest BCUT2D eigenvalue weighted by Gasteiger charge is 2.08. The Labute approximate surface area is 108 Å². The fourth-order valence-corrected chi connectivity index (χ4v) is 2.37. The highest BCUT2D eigenvalue weighted by Crippen LogP contribution is 2.19. The maximum Gasteiger partial charge on any atom is 0.203 e. The van der Waals surface area contributed by atoms with Gasteiger partial charge in [0.05, 0.1) is 6.54 Å². The van der Waals surface area contributed by atoms with Gasteiger partial charge in [0.25, 0.3) is 0 Å². The summed E-state index contributed by atoms with van der Waals surface area (Å²) in [4.78, 5) is 4.38. The molecule has 3 rings (SSSR count). The molecule has 2 heterocycles. The first-order valence-electron chi connectivity index (χ1n) is 5.47. The van der Waals surface area contributed by atoms with E-state index in [9.17, 15) is 0 Å². The van der Waals surface area contributed by atoms with Crippen molar-refractivity contribution in [1.82, 2.24) is 19.7 Å².